The number of ether oxygens (including phenoxy) is 1. The van der Waals surface area contributed by atoms with Crippen molar-refractivity contribution >= 4 is 21.8 Å². The molecule has 0 radical (unpaired) electrons. The number of benzene rings is 2. The predicted octanol–water partition coefficient (Wildman–Crippen LogP) is 3.51. The Labute approximate surface area is 158 Å². The van der Waals surface area contributed by atoms with Crippen LogP contribution in [-0.2, 0) is 11.2 Å². The first-order chi connectivity index (χ1) is 12.0. The van der Waals surface area contributed by atoms with E-state index in [2.05, 4.69) is 38.3 Å². The summed E-state index contributed by atoms with van der Waals surface area (Å²) in [5.74, 6) is 0.571. The molecule has 0 aliphatic rings. The highest BCUT2D eigenvalue weighted by Crippen LogP contribution is 2.17. The van der Waals surface area contributed by atoms with E-state index in [-0.39, 0.29) is 11.9 Å². The highest BCUT2D eigenvalue weighted by molar-refractivity contribution is 9.10. The molecule has 134 valence electrons. The molecule has 2 unspecified atom stereocenters. The van der Waals surface area contributed by atoms with Crippen LogP contribution in [0, 0.1) is 0 Å². The molecule has 2 atom stereocenters. The van der Waals surface area contributed by atoms with Crippen molar-refractivity contribution in [2.75, 3.05) is 20.6 Å². The van der Waals surface area contributed by atoms with Gasteiger partial charge >= 0.3 is 0 Å². The van der Waals surface area contributed by atoms with Crippen LogP contribution in [0.5, 0.6) is 5.75 Å². The van der Waals surface area contributed by atoms with Crippen LogP contribution in [-0.4, -0.2) is 43.6 Å². The minimum Gasteiger partial charge on any atom is -0.481 e. The first-order valence-electron chi connectivity index (χ1n) is 8.36. The molecule has 2 aromatic rings. The van der Waals surface area contributed by atoms with Gasteiger partial charge in [0.15, 0.2) is 6.10 Å². The van der Waals surface area contributed by atoms with Crippen molar-refractivity contribution in [2.24, 2.45) is 0 Å². The standard InChI is InChI=1S/C20H25BrN2O2/c1-15(25-19-11-9-17(21)10-12-19)20(24)22-14-18(23(2)3)13-16-7-5-4-6-8-16/h4-12,15,18H,13-14H2,1-3H3,(H,22,24). The van der Waals surface area contributed by atoms with Crippen LogP contribution in [0.4, 0.5) is 0 Å². The lowest BCUT2D eigenvalue weighted by molar-refractivity contribution is -0.127. The van der Waals surface area contributed by atoms with Gasteiger partial charge in [-0.25, -0.2) is 0 Å². The first-order valence-corrected chi connectivity index (χ1v) is 9.15. The van der Waals surface area contributed by atoms with Gasteiger partial charge in [0.1, 0.15) is 5.75 Å². The van der Waals surface area contributed by atoms with Crippen molar-refractivity contribution in [3.8, 4) is 5.75 Å². The number of amides is 1. The maximum absolute atomic E-state index is 12.3. The zero-order valence-corrected chi connectivity index (χ0v) is 16.5. The molecule has 0 fully saturated rings. The van der Waals surface area contributed by atoms with E-state index >= 15 is 0 Å². The second-order valence-electron chi connectivity index (χ2n) is 6.27. The first kappa shape index (κ1) is 19.5. The van der Waals surface area contributed by atoms with E-state index in [1.54, 1.807) is 6.92 Å². The predicted molar refractivity (Wildman–Crippen MR) is 105 cm³/mol. The number of likely N-dealkylation sites (N-methyl/N-ethyl adjacent to an activating group) is 1. The van der Waals surface area contributed by atoms with Crippen LogP contribution in [0.3, 0.4) is 0 Å². The monoisotopic (exact) mass is 404 g/mol. The second-order valence-corrected chi connectivity index (χ2v) is 7.18. The number of rotatable bonds is 8. The van der Waals surface area contributed by atoms with Crippen molar-refractivity contribution in [3.63, 3.8) is 0 Å². The number of halogens is 1. The molecule has 0 aliphatic heterocycles. The van der Waals surface area contributed by atoms with Gasteiger partial charge in [0.05, 0.1) is 0 Å². The van der Waals surface area contributed by atoms with Crippen molar-refractivity contribution < 1.29 is 9.53 Å². The molecule has 1 N–H and O–H groups in total. The van der Waals surface area contributed by atoms with Crippen molar-refractivity contribution in [3.05, 3.63) is 64.6 Å². The number of carbonyl (C=O) groups is 1. The van der Waals surface area contributed by atoms with E-state index in [1.165, 1.54) is 5.56 Å². The van der Waals surface area contributed by atoms with Crippen molar-refractivity contribution in [1.82, 2.24) is 10.2 Å². The summed E-state index contributed by atoms with van der Waals surface area (Å²) in [6, 6.07) is 18.0. The molecule has 0 aromatic heterocycles. The van der Waals surface area contributed by atoms with E-state index in [1.807, 2.05) is 56.6 Å². The number of nitrogens with zero attached hydrogens (tertiary/aromatic N) is 1. The number of carbonyl (C=O) groups excluding carboxylic acids is 1. The molecule has 25 heavy (non-hydrogen) atoms. The summed E-state index contributed by atoms with van der Waals surface area (Å²) in [5, 5.41) is 3.00. The molecular formula is C20H25BrN2O2. The lowest BCUT2D eigenvalue weighted by atomic mass is 10.1. The van der Waals surface area contributed by atoms with Gasteiger partial charge in [-0.1, -0.05) is 46.3 Å². The molecule has 0 saturated heterocycles. The molecule has 2 aromatic carbocycles. The quantitative estimate of drug-likeness (QED) is 0.731. The third-order valence-electron chi connectivity index (χ3n) is 4.05. The lowest BCUT2D eigenvalue weighted by Gasteiger charge is -2.25. The fourth-order valence-corrected chi connectivity index (χ4v) is 2.72. The Morgan fingerprint density at radius 1 is 1.12 bits per heavy atom. The lowest BCUT2D eigenvalue weighted by Crippen LogP contribution is -2.45. The van der Waals surface area contributed by atoms with E-state index in [0.717, 1.165) is 10.9 Å². The number of nitrogens with one attached hydrogen (secondary N) is 1. The Balaban J connectivity index is 1.86. The Hall–Kier alpha value is -1.85. The van der Waals surface area contributed by atoms with E-state index in [4.69, 9.17) is 4.74 Å². The summed E-state index contributed by atoms with van der Waals surface area (Å²) >= 11 is 3.38. The van der Waals surface area contributed by atoms with Crippen LogP contribution in [0.1, 0.15) is 12.5 Å². The molecule has 0 aliphatic carbocycles. The Kier molecular flexibility index (Phi) is 7.47. The summed E-state index contributed by atoms with van der Waals surface area (Å²) < 4.78 is 6.67. The summed E-state index contributed by atoms with van der Waals surface area (Å²) in [4.78, 5) is 14.5. The average Bonchev–Trinajstić information content (AvgIpc) is 2.60. The third kappa shape index (κ3) is 6.52. The van der Waals surface area contributed by atoms with Crippen molar-refractivity contribution in [2.45, 2.75) is 25.5 Å². The topological polar surface area (TPSA) is 41.6 Å². The fraction of sp³-hybridized carbons (Fsp3) is 0.350. The zero-order chi connectivity index (χ0) is 18.2. The molecule has 0 saturated carbocycles. The van der Waals surface area contributed by atoms with Gasteiger partial charge < -0.3 is 15.0 Å². The molecular weight excluding hydrogens is 380 g/mol. The maximum Gasteiger partial charge on any atom is 0.260 e. The molecule has 4 nitrogen and oxygen atoms in total. The van der Waals surface area contributed by atoms with Crippen LogP contribution < -0.4 is 10.1 Å². The van der Waals surface area contributed by atoms with Crippen LogP contribution in [0.25, 0.3) is 0 Å². The maximum atomic E-state index is 12.3. The molecule has 0 spiro atoms. The number of hydrogen-bond donors (Lipinski definition) is 1. The van der Waals surface area contributed by atoms with E-state index < -0.39 is 6.10 Å². The van der Waals surface area contributed by atoms with Gasteiger partial charge in [-0.05, 0) is 57.3 Å². The molecule has 0 heterocycles. The van der Waals surface area contributed by atoms with Gasteiger partial charge in [0.2, 0.25) is 0 Å². The minimum absolute atomic E-state index is 0.108. The number of hydrogen-bond acceptors (Lipinski definition) is 3. The summed E-state index contributed by atoms with van der Waals surface area (Å²) in [6.07, 6.45) is 0.344. The van der Waals surface area contributed by atoms with Gasteiger partial charge in [0, 0.05) is 17.1 Å². The Morgan fingerprint density at radius 3 is 2.36 bits per heavy atom. The molecule has 0 bridgehead atoms. The second kappa shape index (κ2) is 9.59. The summed E-state index contributed by atoms with van der Waals surface area (Å²) in [7, 11) is 4.06. The van der Waals surface area contributed by atoms with E-state index in [0.29, 0.717) is 12.3 Å². The van der Waals surface area contributed by atoms with Gasteiger partial charge in [-0.3, -0.25) is 4.79 Å². The smallest absolute Gasteiger partial charge is 0.260 e. The SMILES string of the molecule is CC(Oc1ccc(Br)cc1)C(=O)NCC(Cc1ccccc1)N(C)C. The van der Waals surface area contributed by atoms with Crippen LogP contribution >= 0.6 is 15.9 Å². The molecule has 1 amide bonds. The third-order valence-corrected chi connectivity index (χ3v) is 4.58. The Bertz CT molecular complexity index is 659. The van der Waals surface area contributed by atoms with Crippen LogP contribution in [0.2, 0.25) is 0 Å². The summed E-state index contributed by atoms with van der Waals surface area (Å²) in [6.45, 7) is 2.34. The van der Waals surface area contributed by atoms with Crippen LogP contribution in [0.15, 0.2) is 59.1 Å². The normalized spacial score (nSPS) is 13.3. The average molecular weight is 405 g/mol. The minimum atomic E-state index is -0.541. The largest absolute Gasteiger partial charge is 0.481 e. The highest BCUT2D eigenvalue weighted by atomic mass is 79.9. The van der Waals surface area contributed by atoms with Gasteiger partial charge in [-0.2, -0.15) is 0 Å². The van der Waals surface area contributed by atoms with Crippen molar-refractivity contribution in [1.29, 1.82) is 0 Å². The Morgan fingerprint density at radius 2 is 1.76 bits per heavy atom. The summed E-state index contributed by atoms with van der Waals surface area (Å²) in [5.41, 5.74) is 1.26. The zero-order valence-electron chi connectivity index (χ0n) is 14.9. The molecule has 5 heteroatoms. The fourth-order valence-electron chi connectivity index (χ4n) is 2.46. The van der Waals surface area contributed by atoms with Gasteiger partial charge in [0.25, 0.3) is 5.91 Å². The highest BCUT2D eigenvalue weighted by Gasteiger charge is 2.18. The van der Waals surface area contributed by atoms with Gasteiger partial charge in [-0.15, -0.1) is 0 Å². The van der Waals surface area contributed by atoms with E-state index in [9.17, 15) is 4.79 Å². The molecule has 2 rings (SSSR count).